The molecular weight excluding hydrogens is 108 g/mol. The summed E-state index contributed by atoms with van der Waals surface area (Å²) < 4.78 is 4.80. The molecule has 1 saturated heterocycles. The molecule has 1 aliphatic rings. The second kappa shape index (κ2) is 2.24. The quantitative estimate of drug-likeness (QED) is 0.462. The molecule has 0 aliphatic carbocycles. The number of hydrogen-bond acceptors (Lipinski definition) is 3. The van der Waals surface area contributed by atoms with Crippen molar-refractivity contribution in [3.63, 3.8) is 0 Å². The van der Waals surface area contributed by atoms with E-state index in [9.17, 15) is 4.79 Å². The normalized spacial score (nSPS) is 37.6. The highest BCUT2D eigenvalue weighted by atomic mass is 16.5. The molecule has 0 bridgehead atoms. The predicted molar refractivity (Wildman–Crippen MR) is 26.4 cm³/mol. The molecule has 0 spiro atoms. The van der Waals surface area contributed by atoms with Gasteiger partial charge in [0, 0.05) is 6.42 Å². The fraction of sp³-hybridized carbons (Fsp3) is 0.800. The van der Waals surface area contributed by atoms with Crippen LogP contribution in [0.25, 0.3) is 0 Å². The molecule has 3 heteroatoms. The molecule has 0 saturated carbocycles. The van der Waals surface area contributed by atoms with E-state index in [0.717, 1.165) is 6.29 Å². The Labute approximate surface area is 47.3 Å². The van der Waals surface area contributed by atoms with Crippen molar-refractivity contribution >= 4 is 6.29 Å². The summed E-state index contributed by atoms with van der Waals surface area (Å²) in [7, 11) is 0. The first-order valence-corrected chi connectivity index (χ1v) is 2.58. The number of aliphatic hydroxyl groups is 1. The first kappa shape index (κ1) is 5.72. The van der Waals surface area contributed by atoms with Gasteiger partial charge in [0.1, 0.15) is 12.4 Å². The minimum absolute atomic E-state index is 0.309. The maximum atomic E-state index is 9.92. The lowest BCUT2D eigenvalue weighted by atomic mass is 10.2. The fourth-order valence-electron chi connectivity index (χ4n) is 0.734. The van der Waals surface area contributed by atoms with Gasteiger partial charge in [0.2, 0.25) is 0 Å². The molecule has 1 N–H and O–H groups in total. The highest BCUT2D eigenvalue weighted by Gasteiger charge is 2.22. The molecule has 8 heavy (non-hydrogen) atoms. The lowest BCUT2D eigenvalue weighted by Gasteiger charge is -1.93. The van der Waals surface area contributed by atoms with Crippen molar-refractivity contribution < 1.29 is 14.6 Å². The van der Waals surface area contributed by atoms with Crippen LogP contribution in [0.1, 0.15) is 6.42 Å². The molecule has 1 rings (SSSR count). The van der Waals surface area contributed by atoms with Crippen molar-refractivity contribution in [1.82, 2.24) is 0 Å². The second-order valence-corrected chi connectivity index (χ2v) is 1.90. The summed E-state index contributed by atoms with van der Waals surface area (Å²) >= 11 is 0. The second-order valence-electron chi connectivity index (χ2n) is 1.90. The molecule has 1 fully saturated rings. The first-order valence-electron chi connectivity index (χ1n) is 2.58. The van der Waals surface area contributed by atoms with Crippen molar-refractivity contribution in [2.45, 2.75) is 18.6 Å². The van der Waals surface area contributed by atoms with Crippen LogP contribution in [-0.2, 0) is 9.53 Å². The number of aliphatic hydroxyl groups excluding tert-OH is 1. The Bertz CT molecular complexity index is 91.7. The summed E-state index contributed by atoms with van der Waals surface area (Å²) in [5.74, 6) is 0. The molecule has 0 aromatic heterocycles. The van der Waals surface area contributed by atoms with Crippen LogP contribution in [0.3, 0.4) is 0 Å². The third-order valence-electron chi connectivity index (χ3n) is 1.16. The van der Waals surface area contributed by atoms with Gasteiger partial charge in [-0.2, -0.15) is 0 Å². The molecule has 0 aromatic rings. The number of aldehydes is 1. The van der Waals surface area contributed by atoms with Crippen molar-refractivity contribution in [2.24, 2.45) is 0 Å². The average molecular weight is 116 g/mol. The number of carbonyl (C=O) groups is 1. The van der Waals surface area contributed by atoms with Gasteiger partial charge in [-0.25, -0.2) is 0 Å². The van der Waals surface area contributed by atoms with Gasteiger partial charge in [-0.05, 0) is 0 Å². The zero-order valence-electron chi connectivity index (χ0n) is 4.41. The van der Waals surface area contributed by atoms with E-state index in [2.05, 4.69) is 0 Å². The van der Waals surface area contributed by atoms with E-state index in [1.165, 1.54) is 0 Å². The van der Waals surface area contributed by atoms with Crippen LogP contribution in [0.15, 0.2) is 0 Å². The van der Waals surface area contributed by atoms with E-state index in [-0.39, 0.29) is 6.10 Å². The van der Waals surface area contributed by atoms with Crippen molar-refractivity contribution in [3.05, 3.63) is 0 Å². The van der Waals surface area contributed by atoms with E-state index < -0.39 is 6.10 Å². The van der Waals surface area contributed by atoms with Gasteiger partial charge in [-0.3, -0.25) is 0 Å². The van der Waals surface area contributed by atoms with Gasteiger partial charge < -0.3 is 14.6 Å². The largest absolute Gasteiger partial charge is 0.391 e. The van der Waals surface area contributed by atoms with Crippen LogP contribution in [0.5, 0.6) is 0 Å². The molecule has 46 valence electrons. The predicted octanol–water partition coefficient (Wildman–Crippen LogP) is -0.665. The van der Waals surface area contributed by atoms with E-state index in [4.69, 9.17) is 9.84 Å². The molecule has 3 nitrogen and oxygen atoms in total. The summed E-state index contributed by atoms with van der Waals surface area (Å²) in [5.41, 5.74) is 0. The third kappa shape index (κ3) is 1.05. The summed E-state index contributed by atoms with van der Waals surface area (Å²) in [4.78, 5) is 9.92. The van der Waals surface area contributed by atoms with Crippen LogP contribution >= 0.6 is 0 Å². The first-order chi connectivity index (χ1) is 3.83. The minimum atomic E-state index is -0.426. The van der Waals surface area contributed by atoms with Crippen LogP contribution in [0.4, 0.5) is 0 Å². The number of hydrogen-bond donors (Lipinski definition) is 1. The molecule has 2 atom stereocenters. The van der Waals surface area contributed by atoms with Crippen LogP contribution in [0, 0.1) is 0 Å². The summed E-state index contributed by atoms with van der Waals surface area (Å²) in [6.07, 6.45) is 0.398. The third-order valence-corrected chi connectivity index (χ3v) is 1.16. The number of rotatable bonds is 1. The van der Waals surface area contributed by atoms with Gasteiger partial charge in [-0.15, -0.1) is 0 Å². The molecule has 1 heterocycles. The molecule has 0 radical (unpaired) electrons. The zero-order valence-corrected chi connectivity index (χ0v) is 4.41. The topological polar surface area (TPSA) is 46.5 Å². The van der Waals surface area contributed by atoms with E-state index in [0.29, 0.717) is 13.0 Å². The maximum Gasteiger partial charge on any atom is 0.148 e. The van der Waals surface area contributed by atoms with Crippen molar-refractivity contribution in [3.8, 4) is 0 Å². The van der Waals surface area contributed by atoms with Gasteiger partial charge in [0.25, 0.3) is 0 Å². The number of carbonyl (C=O) groups excluding carboxylic acids is 1. The average Bonchev–Trinajstić information content (AvgIpc) is 2.14. The highest BCUT2D eigenvalue weighted by molar-refractivity contribution is 5.56. The van der Waals surface area contributed by atoms with Crippen LogP contribution in [0.2, 0.25) is 0 Å². The highest BCUT2D eigenvalue weighted by Crippen LogP contribution is 2.09. The molecule has 1 aliphatic heterocycles. The summed E-state index contributed by atoms with van der Waals surface area (Å²) in [6.45, 7) is 0.309. The Kier molecular flexibility index (Phi) is 1.60. The lowest BCUT2D eigenvalue weighted by Crippen LogP contribution is -2.06. The summed E-state index contributed by atoms with van der Waals surface area (Å²) in [6, 6.07) is 0. The summed E-state index contributed by atoms with van der Waals surface area (Å²) in [5, 5.41) is 8.75. The Morgan fingerprint density at radius 1 is 1.75 bits per heavy atom. The molecule has 0 unspecified atom stereocenters. The van der Waals surface area contributed by atoms with Crippen LogP contribution < -0.4 is 0 Å². The van der Waals surface area contributed by atoms with Crippen LogP contribution in [-0.4, -0.2) is 30.2 Å². The number of ether oxygens (including phenoxy) is 1. The van der Waals surface area contributed by atoms with E-state index >= 15 is 0 Å². The van der Waals surface area contributed by atoms with Gasteiger partial charge in [-0.1, -0.05) is 0 Å². The standard InChI is InChI=1S/C5H8O3/c6-2-5-1-4(7)3-8-5/h2,4-5,7H,1,3H2/t4-,5+/m1/s1. The smallest absolute Gasteiger partial charge is 0.148 e. The Balaban J connectivity index is 2.32. The van der Waals surface area contributed by atoms with Crippen molar-refractivity contribution in [2.75, 3.05) is 6.61 Å². The van der Waals surface area contributed by atoms with E-state index in [1.54, 1.807) is 0 Å². The fourth-order valence-corrected chi connectivity index (χ4v) is 0.734. The monoisotopic (exact) mass is 116 g/mol. The van der Waals surface area contributed by atoms with Gasteiger partial charge in [0.15, 0.2) is 0 Å². The Morgan fingerprint density at radius 2 is 2.50 bits per heavy atom. The maximum absolute atomic E-state index is 9.92. The molecule has 0 aromatic carbocycles. The minimum Gasteiger partial charge on any atom is -0.391 e. The van der Waals surface area contributed by atoms with E-state index in [1.807, 2.05) is 0 Å². The van der Waals surface area contributed by atoms with Gasteiger partial charge in [0.05, 0.1) is 12.7 Å². The zero-order chi connectivity index (χ0) is 5.98. The lowest BCUT2D eigenvalue weighted by molar-refractivity contribution is -0.115. The Morgan fingerprint density at radius 3 is 2.75 bits per heavy atom. The SMILES string of the molecule is O=C[C@@H]1C[C@@H](O)CO1. The van der Waals surface area contributed by atoms with Crippen molar-refractivity contribution in [1.29, 1.82) is 0 Å². The molecule has 0 amide bonds. The van der Waals surface area contributed by atoms with Gasteiger partial charge >= 0.3 is 0 Å². The Hall–Kier alpha value is -0.410. The molecular formula is C5H8O3.